The first-order valence-corrected chi connectivity index (χ1v) is 7.96. The van der Waals surface area contributed by atoms with E-state index in [1.165, 1.54) is 31.2 Å². The standard InChI is InChI=1S/C17H24N2O/c20-16-12-6-7-13-19(16)18-17(15-10-4-5-11-15)14-8-2-1-3-9-14/h1-3,8-9,15,17-18H,4-7,10-13H2/t17-/m0/s1. The summed E-state index contributed by atoms with van der Waals surface area (Å²) in [6.07, 6.45) is 8.04. The van der Waals surface area contributed by atoms with Crippen LogP contribution in [0.25, 0.3) is 0 Å². The molecule has 3 heteroatoms. The van der Waals surface area contributed by atoms with Crippen molar-refractivity contribution in [3.8, 4) is 0 Å². The van der Waals surface area contributed by atoms with Gasteiger partial charge in [-0.05, 0) is 37.2 Å². The molecule has 2 aliphatic rings. The highest BCUT2D eigenvalue weighted by Crippen LogP contribution is 2.36. The van der Waals surface area contributed by atoms with Crippen LogP contribution in [0.5, 0.6) is 0 Å². The minimum Gasteiger partial charge on any atom is -0.277 e. The third-order valence-electron chi connectivity index (χ3n) is 4.65. The summed E-state index contributed by atoms with van der Waals surface area (Å²) in [5, 5.41) is 1.87. The van der Waals surface area contributed by atoms with Gasteiger partial charge in [-0.2, -0.15) is 0 Å². The van der Waals surface area contributed by atoms with Crippen molar-refractivity contribution in [2.75, 3.05) is 6.54 Å². The van der Waals surface area contributed by atoms with Gasteiger partial charge in [0, 0.05) is 13.0 Å². The van der Waals surface area contributed by atoms with E-state index in [1.54, 1.807) is 0 Å². The number of hydrogen-bond acceptors (Lipinski definition) is 2. The second kappa shape index (κ2) is 6.40. The van der Waals surface area contributed by atoms with Gasteiger partial charge in [0.15, 0.2) is 0 Å². The number of piperidine rings is 1. The van der Waals surface area contributed by atoms with Crippen LogP contribution < -0.4 is 5.43 Å². The molecular formula is C17H24N2O. The molecule has 3 rings (SSSR count). The zero-order valence-corrected chi connectivity index (χ0v) is 12.1. The van der Waals surface area contributed by atoms with Crippen LogP contribution in [-0.4, -0.2) is 17.5 Å². The van der Waals surface area contributed by atoms with Crippen molar-refractivity contribution in [1.82, 2.24) is 10.4 Å². The average molecular weight is 272 g/mol. The van der Waals surface area contributed by atoms with E-state index in [1.807, 2.05) is 5.01 Å². The van der Waals surface area contributed by atoms with Crippen molar-refractivity contribution in [2.45, 2.75) is 51.0 Å². The molecule has 1 N–H and O–H groups in total. The molecule has 1 aliphatic carbocycles. The predicted octanol–water partition coefficient (Wildman–Crippen LogP) is 3.44. The molecule has 20 heavy (non-hydrogen) atoms. The zero-order chi connectivity index (χ0) is 13.8. The lowest BCUT2D eigenvalue weighted by Crippen LogP contribution is -2.48. The Bertz CT molecular complexity index is 440. The van der Waals surface area contributed by atoms with Gasteiger partial charge in [-0.3, -0.25) is 9.80 Å². The minimum absolute atomic E-state index is 0.259. The normalized spacial score (nSPS) is 22.2. The molecule has 1 saturated heterocycles. The molecule has 1 heterocycles. The largest absolute Gasteiger partial charge is 0.277 e. The van der Waals surface area contributed by atoms with Gasteiger partial charge in [0.2, 0.25) is 5.91 Å². The molecule has 0 radical (unpaired) electrons. The summed E-state index contributed by atoms with van der Waals surface area (Å²) in [6.45, 7) is 0.856. The van der Waals surface area contributed by atoms with Gasteiger partial charge < -0.3 is 0 Å². The lowest BCUT2D eigenvalue weighted by atomic mass is 9.92. The monoisotopic (exact) mass is 272 g/mol. The Morgan fingerprint density at radius 2 is 1.80 bits per heavy atom. The molecule has 3 nitrogen and oxygen atoms in total. The lowest BCUT2D eigenvalue weighted by molar-refractivity contribution is -0.138. The maximum Gasteiger partial charge on any atom is 0.236 e. The Kier molecular flexibility index (Phi) is 4.36. The summed E-state index contributed by atoms with van der Waals surface area (Å²) >= 11 is 0. The number of amides is 1. The van der Waals surface area contributed by atoms with Crippen LogP contribution >= 0.6 is 0 Å². The van der Waals surface area contributed by atoms with Crippen LogP contribution in [0.1, 0.15) is 56.6 Å². The Morgan fingerprint density at radius 3 is 2.50 bits per heavy atom. The first-order valence-electron chi connectivity index (χ1n) is 7.96. The van der Waals surface area contributed by atoms with Crippen LogP contribution in [0.4, 0.5) is 0 Å². The van der Waals surface area contributed by atoms with Crippen LogP contribution in [-0.2, 0) is 4.79 Å². The van der Waals surface area contributed by atoms with E-state index in [2.05, 4.69) is 35.8 Å². The Morgan fingerprint density at radius 1 is 1.05 bits per heavy atom. The topological polar surface area (TPSA) is 32.3 Å². The van der Waals surface area contributed by atoms with Gasteiger partial charge in [0.1, 0.15) is 0 Å². The summed E-state index contributed by atoms with van der Waals surface area (Å²) < 4.78 is 0. The molecule has 1 aliphatic heterocycles. The summed E-state index contributed by atoms with van der Waals surface area (Å²) in [7, 11) is 0. The Balaban J connectivity index is 1.76. The number of rotatable bonds is 4. The van der Waals surface area contributed by atoms with Crippen molar-refractivity contribution in [3.63, 3.8) is 0 Å². The highest BCUT2D eigenvalue weighted by Gasteiger charge is 2.29. The quantitative estimate of drug-likeness (QED) is 0.910. The van der Waals surface area contributed by atoms with Gasteiger partial charge >= 0.3 is 0 Å². The fourth-order valence-electron chi connectivity index (χ4n) is 3.51. The van der Waals surface area contributed by atoms with Crippen molar-refractivity contribution < 1.29 is 4.79 Å². The number of carbonyl (C=O) groups is 1. The average Bonchev–Trinajstić information content (AvgIpc) is 3.01. The minimum atomic E-state index is 0.259. The molecule has 1 aromatic carbocycles. The summed E-state index contributed by atoms with van der Waals surface area (Å²) in [5.41, 5.74) is 4.87. The molecule has 0 aromatic heterocycles. The predicted molar refractivity (Wildman–Crippen MR) is 79.8 cm³/mol. The molecular weight excluding hydrogens is 248 g/mol. The number of hydrogen-bond donors (Lipinski definition) is 1. The van der Waals surface area contributed by atoms with Crippen LogP contribution in [0.3, 0.4) is 0 Å². The lowest BCUT2D eigenvalue weighted by Gasteiger charge is -2.34. The van der Waals surface area contributed by atoms with E-state index in [-0.39, 0.29) is 5.91 Å². The number of nitrogens with one attached hydrogen (secondary N) is 1. The molecule has 1 amide bonds. The first kappa shape index (κ1) is 13.6. The molecule has 2 fully saturated rings. The Hall–Kier alpha value is -1.35. The number of nitrogens with zero attached hydrogens (tertiary/aromatic N) is 1. The molecule has 0 unspecified atom stereocenters. The molecule has 0 spiro atoms. The van der Waals surface area contributed by atoms with Gasteiger partial charge in [-0.15, -0.1) is 0 Å². The highest BCUT2D eigenvalue weighted by atomic mass is 16.2. The van der Waals surface area contributed by atoms with Crippen molar-refractivity contribution in [3.05, 3.63) is 35.9 Å². The SMILES string of the molecule is O=C1CCCCN1N[C@@H](c1ccccc1)C1CCCC1. The number of benzene rings is 1. The van der Waals surface area contributed by atoms with Crippen LogP contribution in [0, 0.1) is 5.92 Å². The fraction of sp³-hybridized carbons (Fsp3) is 0.588. The second-order valence-electron chi connectivity index (χ2n) is 6.06. The second-order valence-corrected chi connectivity index (χ2v) is 6.06. The molecule has 1 saturated carbocycles. The zero-order valence-electron chi connectivity index (χ0n) is 12.1. The smallest absolute Gasteiger partial charge is 0.236 e. The Labute approximate surface area is 121 Å². The molecule has 1 aromatic rings. The van der Waals surface area contributed by atoms with Crippen molar-refractivity contribution in [1.29, 1.82) is 0 Å². The van der Waals surface area contributed by atoms with Gasteiger partial charge in [-0.1, -0.05) is 43.2 Å². The third-order valence-corrected chi connectivity index (χ3v) is 4.65. The summed E-state index contributed by atoms with van der Waals surface area (Å²) in [4.78, 5) is 12.0. The maximum atomic E-state index is 12.0. The van der Waals surface area contributed by atoms with Gasteiger partial charge in [0.25, 0.3) is 0 Å². The van der Waals surface area contributed by atoms with Gasteiger partial charge in [0.05, 0.1) is 6.04 Å². The van der Waals surface area contributed by atoms with E-state index in [4.69, 9.17) is 0 Å². The third kappa shape index (κ3) is 3.04. The maximum absolute atomic E-state index is 12.0. The molecule has 108 valence electrons. The van der Waals surface area contributed by atoms with E-state index >= 15 is 0 Å². The van der Waals surface area contributed by atoms with Gasteiger partial charge in [-0.25, -0.2) is 5.43 Å². The van der Waals surface area contributed by atoms with Crippen molar-refractivity contribution >= 4 is 5.91 Å². The van der Waals surface area contributed by atoms with E-state index < -0.39 is 0 Å². The van der Waals surface area contributed by atoms with Crippen LogP contribution in [0.15, 0.2) is 30.3 Å². The fourth-order valence-corrected chi connectivity index (χ4v) is 3.51. The molecule has 0 bridgehead atoms. The van der Waals surface area contributed by atoms with Crippen molar-refractivity contribution in [2.24, 2.45) is 5.92 Å². The number of carbonyl (C=O) groups excluding carboxylic acids is 1. The van der Waals surface area contributed by atoms with E-state index in [9.17, 15) is 4.79 Å². The summed E-state index contributed by atoms with van der Waals surface area (Å²) in [5.74, 6) is 0.919. The summed E-state index contributed by atoms with van der Waals surface area (Å²) in [6, 6.07) is 10.9. The van der Waals surface area contributed by atoms with Crippen LogP contribution in [0.2, 0.25) is 0 Å². The highest BCUT2D eigenvalue weighted by molar-refractivity contribution is 5.76. The first-order chi connectivity index (χ1) is 9.84. The molecule has 1 atom stereocenters. The van der Waals surface area contributed by atoms with E-state index in [0.29, 0.717) is 18.4 Å². The number of hydrazine groups is 1. The van der Waals surface area contributed by atoms with E-state index in [0.717, 1.165) is 19.4 Å².